The first kappa shape index (κ1) is 16.7. The molecule has 1 aliphatic heterocycles. The lowest BCUT2D eigenvalue weighted by Crippen LogP contribution is -2.30. The summed E-state index contributed by atoms with van der Waals surface area (Å²) in [5.41, 5.74) is 2.09. The number of imide groups is 1. The van der Waals surface area contributed by atoms with Gasteiger partial charge in [-0.25, -0.2) is 0 Å². The maximum absolute atomic E-state index is 12.2. The standard InChI is InChI=1S/C19H18BrNO3/c1-13-8-9-14(20)12-17(13)24-11-5-4-10-21-18(22)15-6-2-3-7-16(15)19(21)23/h2-3,6-9,12H,4-5,10-11H2,1H3. The highest BCUT2D eigenvalue weighted by atomic mass is 79.9. The maximum atomic E-state index is 12.2. The number of ether oxygens (including phenoxy) is 1. The first-order valence-electron chi connectivity index (χ1n) is 7.92. The molecule has 5 heteroatoms. The third kappa shape index (κ3) is 3.36. The second kappa shape index (κ2) is 7.18. The molecule has 1 aliphatic rings. The van der Waals surface area contributed by atoms with Crippen LogP contribution in [0.25, 0.3) is 0 Å². The molecule has 4 nitrogen and oxygen atoms in total. The minimum atomic E-state index is -0.195. The van der Waals surface area contributed by atoms with Crippen molar-refractivity contribution in [2.75, 3.05) is 13.2 Å². The molecule has 2 amide bonds. The number of carbonyl (C=O) groups excluding carboxylic acids is 2. The monoisotopic (exact) mass is 387 g/mol. The Labute approximate surface area is 149 Å². The molecule has 0 aliphatic carbocycles. The van der Waals surface area contributed by atoms with E-state index in [-0.39, 0.29) is 11.8 Å². The summed E-state index contributed by atoms with van der Waals surface area (Å²) in [5.74, 6) is 0.462. The highest BCUT2D eigenvalue weighted by Gasteiger charge is 2.34. The third-order valence-electron chi connectivity index (χ3n) is 4.06. The van der Waals surface area contributed by atoms with E-state index in [1.807, 2.05) is 25.1 Å². The van der Waals surface area contributed by atoms with Crippen molar-refractivity contribution >= 4 is 27.7 Å². The molecule has 124 valence electrons. The Hall–Kier alpha value is -2.14. The average molecular weight is 388 g/mol. The van der Waals surface area contributed by atoms with Gasteiger partial charge in [0.2, 0.25) is 0 Å². The fourth-order valence-corrected chi connectivity index (χ4v) is 3.07. The Morgan fingerprint density at radius 1 is 1.00 bits per heavy atom. The number of halogens is 1. The summed E-state index contributed by atoms with van der Waals surface area (Å²) in [7, 11) is 0. The fraction of sp³-hybridized carbons (Fsp3) is 0.263. The number of unbranched alkanes of at least 4 members (excludes halogenated alkanes) is 1. The van der Waals surface area contributed by atoms with Crippen molar-refractivity contribution in [1.82, 2.24) is 4.90 Å². The zero-order chi connectivity index (χ0) is 17.1. The molecule has 3 rings (SSSR count). The lowest BCUT2D eigenvalue weighted by atomic mass is 10.1. The number of nitrogens with zero attached hydrogens (tertiary/aromatic N) is 1. The summed E-state index contributed by atoms with van der Waals surface area (Å²) in [6.07, 6.45) is 1.50. The van der Waals surface area contributed by atoms with E-state index in [0.29, 0.717) is 24.3 Å². The molecule has 2 aromatic carbocycles. The normalized spacial score (nSPS) is 13.3. The molecule has 0 unspecified atom stereocenters. The Bertz CT molecular complexity index is 753. The largest absolute Gasteiger partial charge is 0.493 e. The molecule has 0 aromatic heterocycles. The molecule has 0 bridgehead atoms. The lowest BCUT2D eigenvalue weighted by molar-refractivity contribution is 0.0649. The molecule has 0 spiro atoms. The van der Waals surface area contributed by atoms with Gasteiger partial charge in [-0.3, -0.25) is 14.5 Å². The molecule has 0 saturated carbocycles. The van der Waals surface area contributed by atoms with Gasteiger partial charge in [-0.05, 0) is 49.6 Å². The molecule has 1 heterocycles. The van der Waals surface area contributed by atoms with Crippen LogP contribution in [-0.2, 0) is 0 Å². The number of carbonyl (C=O) groups is 2. The van der Waals surface area contributed by atoms with E-state index in [1.54, 1.807) is 24.3 Å². The lowest BCUT2D eigenvalue weighted by Gasteiger charge is -2.14. The quantitative estimate of drug-likeness (QED) is 0.550. The Morgan fingerprint density at radius 2 is 1.67 bits per heavy atom. The number of benzene rings is 2. The van der Waals surface area contributed by atoms with E-state index in [1.165, 1.54) is 4.90 Å². The topological polar surface area (TPSA) is 46.6 Å². The van der Waals surface area contributed by atoms with Crippen LogP contribution >= 0.6 is 15.9 Å². The van der Waals surface area contributed by atoms with Crippen molar-refractivity contribution in [2.45, 2.75) is 19.8 Å². The van der Waals surface area contributed by atoms with Gasteiger partial charge in [-0.15, -0.1) is 0 Å². The highest BCUT2D eigenvalue weighted by Crippen LogP contribution is 2.24. The van der Waals surface area contributed by atoms with Crippen LogP contribution in [0.2, 0.25) is 0 Å². The predicted octanol–water partition coefficient (Wildman–Crippen LogP) is 4.21. The molecule has 2 aromatic rings. The summed E-state index contributed by atoms with van der Waals surface area (Å²) in [6.45, 7) is 2.98. The summed E-state index contributed by atoms with van der Waals surface area (Å²) in [6, 6.07) is 12.9. The molecular weight excluding hydrogens is 370 g/mol. The van der Waals surface area contributed by atoms with Crippen LogP contribution in [0.1, 0.15) is 39.1 Å². The van der Waals surface area contributed by atoms with Crippen LogP contribution in [0.15, 0.2) is 46.9 Å². The van der Waals surface area contributed by atoms with Gasteiger partial charge in [0, 0.05) is 11.0 Å². The van der Waals surface area contributed by atoms with E-state index in [4.69, 9.17) is 4.74 Å². The predicted molar refractivity (Wildman–Crippen MR) is 95.4 cm³/mol. The number of hydrogen-bond acceptors (Lipinski definition) is 3. The van der Waals surface area contributed by atoms with E-state index in [0.717, 1.165) is 28.6 Å². The summed E-state index contributed by atoms with van der Waals surface area (Å²) in [4.78, 5) is 25.8. The van der Waals surface area contributed by atoms with Gasteiger partial charge in [-0.2, -0.15) is 0 Å². The van der Waals surface area contributed by atoms with Crippen molar-refractivity contribution in [3.63, 3.8) is 0 Å². The molecular formula is C19H18BrNO3. The Balaban J connectivity index is 1.49. The number of amides is 2. The van der Waals surface area contributed by atoms with E-state index < -0.39 is 0 Å². The zero-order valence-electron chi connectivity index (χ0n) is 13.4. The summed E-state index contributed by atoms with van der Waals surface area (Å²) >= 11 is 3.43. The summed E-state index contributed by atoms with van der Waals surface area (Å²) < 4.78 is 6.76. The number of hydrogen-bond donors (Lipinski definition) is 0. The average Bonchev–Trinajstić information content (AvgIpc) is 2.82. The van der Waals surface area contributed by atoms with Crippen LogP contribution in [0.5, 0.6) is 5.75 Å². The van der Waals surface area contributed by atoms with Crippen molar-refractivity contribution < 1.29 is 14.3 Å². The summed E-state index contributed by atoms with van der Waals surface area (Å²) in [5, 5.41) is 0. The van der Waals surface area contributed by atoms with Gasteiger partial charge in [0.05, 0.1) is 17.7 Å². The minimum Gasteiger partial charge on any atom is -0.493 e. The second-order valence-corrected chi connectivity index (χ2v) is 6.69. The van der Waals surface area contributed by atoms with E-state index >= 15 is 0 Å². The number of fused-ring (bicyclic) bond motifs is 1. The van der Waals surface area contributed by atoms with E-state index in [9.17, 15) is 9.59 Å². The van der Waals surface area contributed by atoms with Crippen molar-refractivity contribution in [1.29, 1.82) is 0 Å². The molecule has 0 atom stereocenters. The van der Waals surface area contributed by atoms with Gasteiger partial charge >= 0.3 is 0 Å². The van der Waals surface area contributed by atoms with Gasteiger partial charge in [0.15, 0.2) is 0 Å². The maximum Gasteiger partial charge on any atom is 0.261 e. The molecule has 0 saturated heterocycles. The van der Waals surface area contributed by atoms with Gasteiger partial charge in [0.25, 0.3) is 11.8 Å². The van der Waals surface area contributed by atoms with Crippen molar-refractivity contribution in [3.8, 4) is 5.75 Å². The van der Waals surface area contributed by atoms with E-state index in [2.05, 4.69) is 15.9 Å². The number of aryl methyl sites for hydroxylation is 1. The SMILES string of the molecule is Cc1ccc(Br)cc1OCCCCN1C(=O)c2ccccc2C1=O. The minimum absolute atomic E-state index is 0.195. The van der Waals surface area contributed by atoms with Gasteiger partial charge in [0.1, 0.15) is 5.75 Å². The van der Waals surface area contributed by atoms with Crippen LogP contribution < -0.4 is 4.74 Å². The highest BCUT2D eigenvalue weighted by molar-refractivity contribution is 9.10. The molecule has 0 N–H and O–H groups in total. The first-order valence-corrected chi connectivity index (χ1v) is 8.71. The second-order valence-electron chi connectivity index (χ2n) is 5.77. The molecule has 0 fully saturated rings. The van der Waals surface area contributed by atoms with Crippen LogP contribution in [0.3, 0.4) is 0 Å². The third-order valence-corrected chi connectivity index (χ3v) is 4.56. The Kier molecular flexibility index (Phi) is 5.00. The van der Waals surface area contributed by atoms with Crippen LogP contribution in [0, 0.1) is 6.92 Å². The fourth-order valence-electron chi connectivity index (χ4n) is 2.73. The first-order chi connectivity index (χ1) is 11.6. The van der Waals surface area contributed by atoms with Crippen LogP contribution in [-0.4, -0.2) is 29.9 Å². The van der Waals surface area contributed by atoms with Gasteiger partial charge in [-0.1, -0.05) is 34.1 Å². The van der Waals surface area contributed by atoms with Crippen molar-refractivity contribution in [2.24, 2.45) is 0 Å². The molecule has 0 radical (unpaired) electrons. The smallest absolute Gasteiger partial charge is 0.261 e. The molecule has 24 heavy (non-hydrogen) atoms. The van der Waals surface area contributed by atoms with Gasteiger partial charge < -0.3 is 4.74 Å². The van der Waals surface area contributed by atoms with Crippen molar-refractivity contribution in [3.05, 3.63) is 63.6 Å². The zero-order valence-corrected chi connectivity index (χ0v) is 15.0. The Morgan fingerprint density at radius 3 is 2.33 bits per heavy atom. The van der Waals surface area contributed by atoms with Crippen LogP contribution in [0.4, 0.5) is 0 Å². The number of rotatable bonds is 6.